The summed E-state index contributed by atoms with van der Waals surface area (Å²) in [5, 5.41) is 3.46. The number of pyridine rings is 1. The molecular weight excluding hydrogens is 212 g/mol. The van der Waals surface area contributed by atoms with Crippen molar-refractivity contribution in [2.24, 2.45) is 0 Å². The van der Waals surface area contributed by atoms with Crippen LogP contribution in [0.1, 0.15) is 38.3 Å². The number of ether oxygens (including phenoxy) is 1. The summed E-state index contributed by atoms with van der Waals surface area (Å²) < 4.78 is 5.31. The molecule has 0 aliphatic rings. The summed E-state index contributed by atoms with van der Waals surface area (Å²) in [5.74, 6) is 0.697. The molecule has 0 aliphatic carbocycles. The second kappa shape index (κ2) is 7.07. The molecule has 1 N–H and O–H groups in total. The Hall–Kier alpha value is -1.35. The first-order valence-corrected chi connectivity index (χ1v) is 6.11. The average Bonchev–Trinajstić information content (AvgIpc) is 2.38. The van der Waals surface area contributed by atoms with Gasteiger partial charge in [0.2, 0.25) is 5.88 Å². The molecule has 0 spiro atoms. The normalized spacial score (nSPS) is 12.2. The van der Waals surface area contributed by atoms with E-state index in [2.05, 4.69) is 36.8 Å². The summed E-state index contributed by atoms with van der Waals surface area (Å²) in [7, 11) is 1.66. The van der Waals surface area contributed by atoms with Gasteiger partial charge in [0.1, 0.15) is 0 Å². The highest BCUT2D eigenvalue weighted by atomic mass is 16.5. The van der Waals surface area contributed by atoms with Crippen LogP contribution < -0.4 is 10.1 Å². The van der Waals surface area contributed by atoms with Crippen molar-refractivity contribution in [1.29, 1.82) is 0 Å². The SMILES string of the molecule is C=C(CC)CC(NCC)c1cccnc1OC. The minimum atomic E-state index is 0.232. The first-order chi connectivity index (χ1) is 8.22. The monoisotopic (exact) mass is 234 g/mol. The average molecular weight is 234 g/mol. The molecule has 1 unspecified atom stereocenters. The number of rotatable bonds is 7. The second-order valence-corrected chi connectivity index (χ2v) is 4.02. The van der Waals surface area contributed by atoms with Gasteiger partial charge >= 0.3 is 0 Å². The maximum atomic E-state index is 5.31. The smallest absolute Gasteiger partial charge is 0.217 e. The number of nitrogens with one attached hydrogen (secondary N) is 1. The quantitative estimate of drug-likeness (QED) is 0.736. The third kappa shape index (κ3) is 3.86. The van der Waals surface area contributed by atoms with Crippen LogP contribution in [0.3, 0.4) is 0 Å². The molecule has 1 aromatic heterocycles. The molecule has 0 saturated carbocycles. The van der Waals surface area contributed by atoms with Gasteiger partial charge in [-0.05, 0) is 25.5 Å². The van der Waals surface area contributed by atoms with Gasteiger partial charge in [-0.25, -0.2) is 4.98 Å². The molecule has 3 nitrogen and oxygen atoms in total. The second-order valence-electron chi connectivity index (χ2n) is 4.02. The lowest BCUT2D eigenvalue weighted by atomic mass is 9.99. The van der Waals surface area contributed by atoms with Gasteiger partial charge in [0.15, 0.2) is 0 Å². The molecule has 0 aliphatic heterocycles. The van der Waals surface area contributed by atoms with Crippen LogP contribution in [-0.4, -0.2) is 18.6 Å². The van der Waals surface area contributed by atoms with Crippen molar-refractivity contribution in [1.82, 2.24) is 10.3 Å². The van der Waals surface area contributed by atoms with E-state index in [0.29, 0.717) is 5.88 Å². The fourth-order valence-electron chi connectivity index (χ4n) is 1.81. The third-order valence-electron chi connectivity index (χ3n) is 2.81. The van der Waals surface area contributed by atoms with Crippen molar-refractivity contribution in [3.8, 4) is 5.88 Å². The molecule has 0 radical (unpaired) electrons. The molecule has 1 atom stereocenters. The molecule has 94 valence electrons. The fraction of sp³-hybridized carbons (Fsp3) is 0.500. The summed E-state index contributed by atoms with van der Waals surface area (Å²) >= 11 is 0. The van der Waals surface area contributed by atoms with Crippen LogP contribution in [0.4, 0.5) is 0 Å². The molecule has 0 fully saturated rings. The summed E-state index contributed by atoms with van der Waals surface area (Å²) in [5.41, 5.74) is 2.34. The van der Waals surface area contributed by atoms with Gasteiger partial charge < -0.3 is 10.1 Å². The first kappa shape index (κ1) is 13.7. The first-order valence-electron chi connectivity index (χ1n) is 6.11. The van der Waals surface area contributed by atoms with Crippen molar-refractivity contribution in [3.05, 3.63) is 36.0 Å². The Labute approximate surface area is 104 Å². The zero-order chi connectivity index (χ0) is 12.7. The molecule has 1 heterocycles. The molecule has 0 bridgehead atoms. The Kier molecular flexibility index (Phi) is 5.70. The lowest BCUT2D eigenvalue weighted by molar-refractivity contribution is 0.382. The van der Waals surface area contributed by atoms with E-state index in [1.54, 1.807) is 13.3 Å². The standard InChI is InChI=1S/C14H22N2O/c1-5-11(3)10-13(15-6-2)12-8-7-9-16-14(12)17-4/h7-9,13,15H,3,5-6,10H2,1-2,4H3. The van der Waals surface area contributed by atoms with Gasteiger partial charge in [-0.3, -0.25) is 0 Å². The minimum Gasteiger partial charge on any atom is -0.481 e. The van der Waals surface area contributed by atoms with E-state index < -0.39 is 0 Å². The number of methoxy groups -OCH3 is 1. The Bertz CT molecular complexity index is 363. The summed E-state index contributed by atoms with van der Waals surface area (Å²) in [4.78, 5) is 4.24. The fourth-order valence-corrected chi connectivity index (χ4v) is 1.81. The van der Waals surface area contributed by atoms with E-state index in [4.69, 9.17) is 4.74 Å². The molecule has 0 aromatic carbocycles. The predicted octanol–water partition coefficient (Wildman–Crippen LogP) is 3.10. The molecule has 17 heavy (non-hydrogen) atoms. The topological polar surface area (TPSA) is 34.2 Å². The van der Waals surface area contributed by atoms with Crippen LogP contribution in [0.15, 0.2) is 30.5 Å². The van der Waals surface area contributed by atoms with Gasteiger partial charge in [0.25, 0.3) is 0 Å². The molecule has 1 rings (SSSR count). The van der Waals surface area contributed by atoms with E-state index in [-0.39, 0.29) is 6.04 Å². The van der Waals surface area contributed by atoms with E-state index in [1.807, 2.05) is 6.07 Å². The number of nitrogens with zero attached hydrogens (tertiary/aromatic N) is 1. The molecular formula is C14H22N2O. The Morgan fingerprint density at radius 1 is 1.53 bits per heavy atom. The Morgan fingerprint density at radius 3 is 2.88 bits per heavy atom. The van der Waals surface area contributed by atoms with Gasteiger partial charge in [0, 0.05) is 17.8 Å². The highest BCUT2D eigenvalue weighted by molar-refractivity contribution is 5.30. The molecule has 1 aromatic rings. The lowest BCUT2D eigenvalue weighted by Gasteiger charge is -2.20. The Balaban J connectivity index is 2.91. The van der Waals surface area contributed by atoms with Gasteiger partial charge in [-0.1, -0.05) is 32.1 Å². The maximum absolute atomic E-state index is 5.31. The van der Waals surface area contributed by atoms with Gasteiger partial charge in [-0.2, -0.15) is 0 Å². The van der Waals surface area contributed by atoms with Crippen LogP contribution >= 0.6 is 0 Å². The highest BCUT2D eigenvalue weighted by Crippen LogP contribution is 2.27. The zero-order valence-electron chi connectivity index (χ0n) is 11.0. The summed E-state index contributed by atoms with van der Waals surface area (Å²) in [6, 6.07) is 4.23. The van der Waals surface area contributed by atoms with E-state index in [1.165, 1.54) is 5.57 Å². The van der Waals surface area contributed by atoms with Crippen molar-refractivity contribution in [3.63, 3.8) is 0 Å². The van der Waals surface area contributed by atoms with Crippen molar-refractivity contribution in [2.45, 2.75) is 32.7 Å². The Morgan fingerprint density at radius 2 is 2.29 bits per heavy atom. The predicted molar refractivity (Wildman–Crippen MR) is 71.3 cm³/mol. The van der Waals surface area contributed by atoms with E-state index >= 15 is 0 Å². The summed E-state index contributed by atoms with van der Waals surface area (Å²) in [6.07, 6.45) is 3.68. The maximum Gasteiger partial charge on any atom is 0.217 e. The van der Waals surface area contributed by atoms with Crippen LogP contribution in [0, 0.1) is 0 Å². The highest BCUT2D eigenvalue weighted by Gasteiger charge is 2.16. The van der Waals surface area contributed by atoms with Crippen molar-refractivity contribution in [2.75, 3.05) is 13.7 Å². The van der Waals surface area contributed by atoms with Gasteiger partial charge in [0.05, 0.1) is 7.11 Å². The van der Waals surface area contributed by atoms with Crippen LogP contribution in [0.25, 0.3) is 0 Å². The lowest BCUT2D eigenvalue weighted by Crippen LogP contribution is -2.22. The van der Waals surface area contributed by atoms with Gasteiger partial charge in [-0.15, -0.1) is 0 Å². The van der Waals surface area contributed by atoms with Crippen LogP contribution in [-0.2, 0) is 0 Å². The largest absolute Gasteiger partial charge is 0.481 e. The summed E-state index contributed by atoms with van der Waals surface area (Å²) in [6.45, 7) is 9.22. The number of aromatic nitrogens is 1. The molecule has 3 heteroatoms. The van der Waals surface area contributed by atoms with Crippen LogP contribution in [0.5, 0.6) is 5.88 Å². The van der Waals surface area contributed by atoms with E-state index in [0.717, 1.165) is 24.9 Å². The zero-order valence-corrected chi connectivity index (χ0v) is 11.0. The molecule has 0 saturated heterocycles. The number of hydrogen-bond donors (Lipinski definition) is 1. The van der Waals surface area contributed by atoms with Crippen molar-refractivity contribution >= 4 is 0 Å². The van der Waals surface area contributed by atoms with Crippen LogP contribution in [0.2, 0.25) is 0 Å². The van der Waals surface area contributed by atoms with E-state index in [9.17, 15) is 0 Å². The third-order valence-corrected chi connectivity index (χ3v) is 2.81. The number of hydrogen-bond acceptors (Lipinski definition) is 3. The molecule has 0 amide bonds. The minimum absolute atomic E-state index is 0.232. The van der Waals surface area contributed by atoms with Crippen molar-refractivity contribution < 1.29 is 4.74 Å².